The smallest absolute Gasteiger partial charge is 0.103 e. The largest absolute Gasteiger partial charge is 0.383 e. The van der Waals surface area contributed by atoms with Gasteiger partial charge in [0.2, 0.25) is 0 Å². The highest BCUT2D eigenvalue weighted by Gasteiger charge is 2.44. The first kappa shape index (κ1) is 25.9. The number of nitrogens with one attached hydrogen (secondary N) is 4. The van der Waals surface area contributed by atoms with Crippen molar-refractivity contribution in [3.8, 4) is 12.1 Å². The minimum Gasteiger partial charge on any atom is -0.383 e. The molecule has 202 valence electrons. The van der Waals surface area contributed by atoms with Crippen molar-refractivity contribution in [1.82, 2.24) is 25.9 Å². The van der Waals surface area contributed by atoms with E-state index in [1.165, 1.54) is 0 Å². The van der Waals surface area contributed by atoms with Crippen molar-refractivity contribution < 1.29 is 0 Å². The molecule has 2 aromatic carbocycles. The Balaban J connectivity index is 1.47. The van der Waals surface area contributed by atoms with Gasteiger partial charge in [0.25, 0.3) is 0 Å². The zero-order valence-corrected chi connectivity index (χ0v) is 23.8. The monoisotopic (exact) mass is 549 g/mol. The second kappa shape index (κ2) is 9.67. The van der Waals surface area contributed by atoms with Crippen molar-refractivity contribution in [1.29, 1.82) is 10.5 Å². The number of nitrogens with zero attached hydrogens (tertiary/aromatic N) is 5. The molecule has 4 aromatic rings. The predicted molar refractivity (Wildman–Crippen MR) is 159 cm³/mol. The molecule has 1 aliphatic carbocycles. The Morgan fingerprint density at radius 3 is 2.67 bits per heavy atom. The van der Waals surface area contributed by atoms with E-state index in [4.69, 9.17) is 0 Å². The van der Waals surface area contributed by atoms with Crippen LogP contribution in [0.2, 0.25) is 0 Å². The standard InChI is InChI=1S/C30H31N9S/c1-29(2,3)16-34-26-19(13-32)14-33-25-18(12-31)10-20(11-22(25)26)36-27(21-6-5-7-23-28(21)40-17-35-23)24-15-39(38-37-24)30(4)8-9-30/h5-7,10-11,14-15,17,27,36-38H,8-9,16H2,1-4H3,(H,33,34)/t27-/m0/s1. The van der Waals surface area contributed by atoms with Gasteiger partial charge in [-0.15, -0.1) is 16.9 Å². The summed E-state index contributed by atoms with van der Waals surface area (Å²) in [4.78, 5) is 9.04. The predicted octanol–water partition coefficient (Wildman–Crippen LogP) is 5.92. The normalized spacial score (nSPS) is 16.6. The minimum atomic E-state index is -0.258. The molecular formula is C30H31N9S. The SMILES string of the molecule is CC(C)(C)CNc1c(C#N)cnc2c(C#N)cc(N[C@H](C3=CN(C4(C)CC4)NN3)c3cccc4ncsc34)cc12. The first-order chi connectivity index (χ1) is 19.2. The van der Waals surface area contributed by atoms with E-state index in [-0.39, 0.29) is 17.0 Å². The lowest BCUT2D eigenvalue weighted by atomic mass is 9.96. The van der Waals surface area contributed by atoms with E-state index in [0.29, 0.717) is 28.9 Å². The lowest BCUT2D eigenvalue weighted by molar-refractivity contribution is 0.190. The lowest BCUT2D eigenvalue weighted by Crippen LogP contribution is -2.43. The lowest BCUT2D eigenvalue weighted by Gasteiger charge is -2.24. The van der Waals surface area contributed by atoms with Crippen LogP contribution >= 0.6 is 11.3 Å². The van der Waals surface area contributed by atoms with Gasteiger partial charge in [-0.1, -0.05) is 32.9 Å². The van der Waals surface area contributed by atoms with E-state index in [1.807, 2.05) is 29.8 Å². The third kappa shape index (κ3) is 4.77. The summed E-state index contributed by atoms with van der Waals surface area (Å²) in [6.45, 7) is 9.30. The number of pyridine rings is 1. The van der Waals surface area contributed by atoms with Gasteiger partial charge in [-0.05, 0) is 48.9 Å². The molecule has 10 heteroatoms. The quantitative estimate of drug-likeness (QED) is 0.222. The summed E-state index contributed by atoms with van der Waals surface area (Å²) < 4.78 is 1.10. The van der Waals surface area contributed by atoms with Gasteiger partial charge in [-0.3, -0.25) is 9.99 Å². The molecule has 0 bridgehead atoms. The molecule has 0 saturated heterocycles. The minimum absolute atomic E-state index is 0.00749. The Morgan fingerprint density at radius 2 is 1.95 bits per heavy atom. The molecule has 0 spiro atoms. The third-order valence-electron chi connectivity index (χ3n) is 7.47. The highest BCUT2D eigenvalue weighted by molar-refractivity contribution is 7.17. The molecule has 6 rings (SSSR count). The maximum Gasteiger partial charge on any atom is 0.103 e. The Kier molecular flexibility index (Phi) is 6.25. The first-order valence-electron chi connectivity index (χ1n) is 13.3. The van der Waals surface area contributed by atoms with E-state index in [2.05, 4.69) is 88.7 Å². The number of hydrazine groups is 2. The van der Waals surface area contributed by atoms with E-state index in [1.54, 1.807) is 17.5 Å². The number of nitriles is 2. The van der Waals surface area contributed by atoms with Gasteiger partial charge in [0, 0.05) is 30.0 Å². The average molecular weight is 550 g/mol. The van der Waals surface area contributed by atoms with Crippen LogP contribution in [0.25, 0.3) is 21.1 Å². The topological polar surface area (TPSA) is 125 Å². The fourth-order valence-electron chi connectivity index (χ4n) is 4.91. The second-order valence-corrected chi connectivity index (χ2v) is 12.8. The number of hydrogen-bond donors (Lipinski definition) is 4. The summed E-state index contributed by atoms with van der Waals surface area (Å²) >= 11 is 1.61. The van der Waals surface area contributed by atoms with Crippen molar-refractivity contribution in [3.05, 3.63) is 70.6 Å². The van der Waals surface area contributed by atoms with Crippen LogP contribution in [0.15, 0.2) is 53.9 Å². The zero-order chi connectivity index (χ0) is 28.1. The molecule has 1 saturated carbocycles. The number of aromatic nitrogens is 2. The van der Waals surface area contributed by atoms with Crippen LogP contribution in [0.3, 0.4) is 0 Å². The number of hydrogen-bond acceptors (Lipinski definition) is 10. The maximum absolute atomic E-state index is 10.1. The number of fused-ring (bicyclic) bond motifs is 2. The fraction of sp³-hybridized carbons (Fsp3) is 0.333. The summed E-state index contributed by atoms with van der Waals surface area (Å²) in [6, 6.07) is 14.3. The summed E-state index contributed by atoms with van der Waals surface area (Å²) in [5, 5.41) is 30.0. The Morgan fingerprint density at radius 1 is 1.15 bits per heavy atom. The van der Waals surface area contributed by atoms with Crippen LogP contribution in [0, 0.1) is 28.1 Å². The molecule has 0 unspecified atom stereocenters. The highest BCUT2D eigenvalue weighted by atomic mass is 32.1. The van der Waals surface area contributed by atoms with Crippen LogP contribution in [-0.4, -0.2) is 27.1 Å². The molecule has 2 aliphatic rings. The average Bonchev–Trinajstić information content (AvgIpc) is 3.32. The molecule has 9 nitrogen and oxygen atoms in total. The molecule has 1 atom stereocenters. The second-order valence-electron chi connectivity index (χ2n) is 11.9. The van der Waals surface area contributed by atoms with Gasteiger partial charge >= 0.3 is 0 Å². The Hall–Kier alpha value is -4.38. The van der Waals surface area contributed by atoms with Crippen molar-refractivity contribution in [3.63, 3.8) is 0 Å². The molecule has 3 heterocycles. The number of anilines is 2. The number of benzene rings is 2. The summed E-state index contributed by atoms with van der Waals surface area (Å²) in [5.74, 6) is 0. The van der Waals surface area contributed by atoms with Gasteiger partial charge in [0.15, 0.2) is 0 Å². The van der Waals surface area contributed by atoms with Crippen LogP contribution in [0.5, 0.6) is 0 Å². The van der Waals surface area contributed by atoms with E-state index >= 15 is 0 Å². The van der Waals surface area contributed by atoms with E-state index in [0.717, 1.165) is 45.4 Å². The van der Waals surface area contributed by atoms with Gasteiger partial charge in [0.1, 0.15) is 12.1 Å². The molecule has 40 heavy (non-hydrogen) atoms. The van der Waals surface area contributed by atoms with E-state index < -0.39 is 0 Å². The highest BCUT2D eigenvalue weighted by Crippen LogP contribution is 2.43. The molecule has 1 aliphatic heterocycles. The van der Waals surface area contributed by atoms with E-state index in [9.17, 15) is 10.5 Å². The zero-order valence-electron chi connectivity index (χ0n) is 23.0. The summed E-state index contributed by atoms with van der Waals surface area (Å²) in [5.41, 5.74) is 14.6. The summed E-state index contributed by atoms with van der Waals surface area (Å²) in [7, 11) is 0. The maximum atomic E-state index is 10.1. The number of thiazole rings is 1. The first-order valence-corrected chi connectivity index (χ1v) is 14.2. The van der Waals surface area contributed by atoms with Crippen molar-refractivity contribution in [2.45, 2.75) is 52.1 Å². The van der Waals surface area contributed by atoms with Crippen molar-refractivity contribution in [2.24, 2.45) is 5.41 Å². The van der Waals surface area contributed by atoms with Crippen LogP contribution < -0.4 is 21.6 Å². The Labute approximate surface area is 237 Å². The fourth-order valence-corrected chi connectivity index (χ4v) is 5.75. The molecule has 2 aromatic heterocycles. The van der Waals surface area contributed by atoms with Crippen molar-refractivity contribution >= 4 is 43.8 Å². The Bertz CT molecular complexity index is 1730. The molecule has 4 N–H and O–H groups in total. The summed E-state index contributed by atoms with van der Waals surface area (Å²) in [6.07, 6.45) is 5.93. The van der Waals surface area contributed by atoms with Gasteiger partial charge in [-0.2, -0.15) is 10.5 Å². The number of rotatable bonds is 7. The molecule has 1 fully saturated rings. The van der Waals surface area contributed by atoms with Crippen LogP contribution in [0.4, 0.5) is 11.4 Å². The third-order valence-corrected chi connectivity index (χ3v) is 8.36. The van der Waals surface area contributed by atoms with Crippen LogP contribution in [0.1, 0.15) is 63.3 Å². The van der Waals surface area contributed by atoms with Gasteiger partial charge in [0.05, 0.1) is 55.3 Å². The van der Waals surface area contributed by atoms with Crippen LogP contribution in [-0.2, 0) is 0 Å². The van der Waals surface area contributed by atoms with Gasteiger partial charge < -0.3 is 16.1 Å². The van der Waals surface area contributed by atoms with Gasteiger partial charge in [-0.25, -0.2) is 4.98 Å². The molecular weight excluding hydrogens is 518 g/mol. The molecule has 0 amide bonds. The molecule has 0 radical (unpaired) electrons. The van der Waals surface area contributed by atoms with Crippen molar-refractivity contribution in [2.75, 3.05) is 17.2 Å².